The van der Waals surface area contributed by atoms with Crippen molar-refractivity contribution in [2.45, 2.75) is 13.8 Å². The molecule has 1 aliphatic rings. The molecule has 1 aliphatic heterocycles. The summed E-state index contributed by atoms with van der Waals surface area (Å²) in [6, 6.07) is 3.89. The van der Waals surface area contributed by atoms with Crippen molar-refractivity contribution in [3.63, 3.8) is 0 Å². The third-order valence-corrected chi connectivity index (χ3v) is 2.81. The highest BCUT2D eigenvalue weighted by Crippen LogP contribution is 2.37. The molecule has 1 aromatic carbocycles. The van der Waals surface area contributed by atoms with E-state index in [9.17, 15) is 4.79 Å². The molecule has 15 heavy (non-hydrogen) atoms. The molecule has 0 atom stereocenters. The number of hydrogen-bond donors (Lipinski definition) is 1. The normalized spacial score (nSPS) is 14.9. The van der Waals surface area contributed by atoms with Crippen molar-refractivity contribution in [2.24, 2.45) is 0 Å². The van der Waals surface area contributed by atoms with Crippen molar-refractivity contribution in [1.82, 2.24) is 0 Å². The molecule has 0 unspecified atom stereocenters. The zero-order valence-corrected chi connectivity index (χ0v) is 9.56. The van der Waals surface area contributed by atoms with Crippen LogP contribution >= 0.6 is 11.6 Å². The number of amides is 1. The predicted molar refractivity (Wildman–Crippen MR) is 62.7 cm³/mol. The summed E-state index contributed by atoms with van der Waals surface area (Å²) in [7, 11) is 0. The molecular weight excluding hydrogens is 212 g/mol. The van der Waals surface area contributed by atoms with E-state index < -0.39 is 0 Å². The molecule has 1 heterocycles. The van der Waals surface area contributed by atoms with Crippen molar-refractivity contribution in [2.75, 3.05) is 23.3 Å². The maximum Gasteiger partial charge on any atom is 0.246 e. The summed E-state index contributed by atoms with van der Waals surface area (Å²) in [4.78, 5) is 13.3. The second-order valence-electron chi connectivity index (χ2n) is 3.63. The van der Waals surface area contributed by atoms with Gasteiger partial charge < -0.3 is 10.2 Å². The molecule has 0 aromatic heterocycles. The highest BCUT2D eigenvalue weighted by molar-refractivity contribution is 6.35. The lowest BCUT2D eigenvalue weighted by atomic mass is 10.1. The van der Waals surface area contributed by atoms with Gasteiger partial charge in [-0.2, -0.15) is 0 Å². The zero-order valence-electron chi connectivity index (χ0n) is 8.80. The number of rotatable bonds is 1. The lowest BCUT2D eigenvalue weighted by molar-refractivity contribution is -0.117. The van der Waals surface area contributed by atoms with Crippen LogP contribution in [0.4, 0.5) is 11.4 Å². The smallest absolute Gasteiger partial charge is 0.246 e. The molecule has 3 nitrogen and oxygen atoms in total. The van der Waals surface area contributed by atoms with Crippen LogP contribution in [-0.2, 0) is 4.79 Å². The van der Waals surface area contributed by atoms with Crippen LogP contribution in [0.1, 0.15) is 12.5 Å². The summed E-state index contributed by atoms with van der Waals surface area (Å²) in [5.74, 6) is 0.0655. The van der Waals surface area contributed by atoms with Gasteiger partial charge in [-0.1, -0.05) is 11.6 Å². The van der Waals surface area contributed by atoms with Gasteiger partial charge >= 0.3 is 0 Å². The lowest BCUT2D eigenvalue weighted by Gasteiger charge is -2.30. The Hall–Kier alpha value is -1.22. The van der Waals surface area contributed by atoms with Gasteiger partial charge in [0.05, 0.1) is 22.9 Å². The van der Waals surface area contributed by atoms with Crippen LogP contribution in [-0.4, -0.2) is 19.0 Å². The number of carbonyl (C=O) groups is 1. The zero-order chi connectivity index (χ0) is 11.0. The highest BCUT2D eigenvalue weighted by atomic mass is 35.5. The predicted octanol–water partition coefficient (Wildman–Crippen LogP) is 2.43. The fourth-order valence-electron chi connectivity index (χ4n) is 1.87. The Kier molecular flexibility index (Phi) is 2.57. The van der Waals surface area contributed by atoms with E-state index in [0.717, 1.165) is 16.9 Å². The molecule has 2 rings (SSSR count). The number of nitrogens with zero attached hydrogens (tertiary/aromatic N) is 1. The molecular formula is C11H13ClN2O. The van der Waals surface area contributed by atoms with Gasteiger partial charge in [0.1, 0.15) is 0 Å². The van der Waals surface area contributed by atoms with E-state index in [1.165, 1.54) is 0 Å². The summed E-state index contributed by atoms with van der Waals surface area (Å²) in [5.41, 5.74) is 2.85. The van der Waals surface area contributed by atoms with E-state index in [0.29, 0.717) is 18.1 Å². The molecule has 0 spiro atoms. The van der Waals surface area contributed by atoms with Crippen molar-refractivity contribution in [3.8, 4) is 0 Å². The first-order valence-corrected chi connectivity index (χ1v) is 5.35. The Morgan fingerprint density at radius 3 is 2.93 bits per heavy atom. The standard InChI is InChI=1S/C11H13ClN2O/c1-3-14-10(15)6-13-9-5-7(2)4-8(12)11(9)14/h4-5,13H,3,6H2,1-2H3. The minimum absolute atomic E-state index is 0.0655. The number of hydrogen-bond acceptors (Lipinski definition) is 2. The Morgan fingerprint density at radius 1 is 1.53 bits per heavy atom. The molecule has 0 radical (unpaired) electrons. The first-order valence-electron chi connectivity index (χ1n) is 4.98. The Balaban J connectivity index is 2.57. The SMILES string of the molecule is CCN1C(=O)CNc2cc(C)cc(Cl)c21. The second kappa shape index (κ2) is 3.74. The average molecular weight is 225 g/mol. The van der Waals surface area contributed by atoms with Crippen molar-refractivity contribution < 1.29 is 4.79 Å². The molecule has 0 saturated heterocycles. The van der Waals surface area contributed by atoms with Gasteiger partial charge in [-0.25, -0.2) is 0 Å². The third-order valence-electron chi connectivity index (χ3n) is 2.53. The summed E-state index contributed by atoms with van der Waals surface area (Å²) in [6.45, 7) is 4.93. The van der Waals surface area contributed by atoms with E-state index in [1.807, 2.05) is 26.0 Å². The minimum Gasteiger partial charge on any atom is -0.374 e. The van der Waals surface area contributed by atoms with Gasteiger partial charge in [0, 0.05) is 6.54 Å². The van der Waals surface area contributed by atoms with Crippen LogP contribution in [0, 0.1) is 6.92 Å². The van der Waals surface area contributed by atoms with E-state index in [2.05, 4.69) is 5.32 Å². The van der Waals surface area contributed by atoms with Gasteiger partial charge in [-0.05, 0) is 31.5 Å². The number of nitrogens with one attached hydrogen (secondary N) is 1. The monoisotopic (exact) mass is 224 g/mol. The molecule has 0 fully saturated rings. The van der Waals surface area contributed by atoms with Crippen molar-refractivity contribution in [1.29, 1.82) is 0 Å². The van der Waals surface area contributed by atoms with Gasteiger partial charge in [0.2, 0.25) is 5.91 Å². The van der Waals surface area contributed by atoms with E-state index in [4.69, 9.17) is 11.6 Å². The van der Waals surface area contributed by atoms with E-state index in [-0.39, 0.29) is 5.91 Å². The number of carbonyl (C=O) groups excluding carboxylic acids is 1. The number of fused-ring (bicyclic) bond motifs is 1. The first kappa shape index (κ1) is 10.3. The number of anilines is 2. The molecule has 4 heteroatoms. The van der Waals surface area contributed by atoms with Crippen molar-refractivity contribution in [3.05, 3.63) is 22.7 Å². The van der Waals surface area contributed by atoms with Crippen molar-refractivity contribution >= 4 is 28.9 Å². The summed E-state index contributed by atoms with van der Waals surface area (Å²) in [6.07, 6.45) is 0. The van der Waals surface area contributed by atoms with Crippen LogP contribution < -0.4 is 10.2 Å². The van der Waals surface area contributed by atoms with E-state index in [1.54, 1.807) is 4.90 Å². The number of likely N-dealkylation sites (N-methyl/N-ethyl adjacent to an activating group) is 1. The fourth-order valence-corrected chi connectivity index (χ4v) is 2.25. The van der Waals surface area contributed by atoms with Gasteiger partial charge in [-0.3, -0.25) is 4.79 Å². The van der Waals surface area contributed by atoms with Crippen LogP contribution in [0.25, 0.3) is 0 Å². The largest absolute Gasteiger partial charge is 0.374 e. The average Bonchev–Trinajstić information content (AvgIpc) is 2.18. The number of benzene rings is 1. The molecule has 80 valence electrons. The topological polar surface area (TPSA) is 32.3 Å². The van der Waals surface area contributed by atoms with Crippen LogP contribution in [0.15, 0.2) is 12.1 Å². The van der Waals surface area contributed by atoms with Crippen LogP contribution in [0.3, 0.4) is 0 Å². The Morgan fingerprint density at radius 2 is 2.27 bits per heavy atom. The summed E-state index contributed by atoms with van der Waals surface area (Å²) < 4.78 is 0. The van der Waals surface area contributed by atoms with Gasteiger partial charge in [0.15, 0.2) is 0 Å². The Labute approximate surface area is 94.0 Å². The number of halogens is 1. The third kappa shape index (κ3) is 1.67. The van der Waals surface area contributed by atoms with Gasteiger partial charge in [-0.15, -0.1) is 0 Å². The molecule has 0 bridgehead atoms. The summed E-state index contributed by atoms with van der Waals surface area (Å²) in [5, 5.41) is 3.71. The molecule has 0 saturated carbocycles. The van der Waals surface area contributed by atoms with E-state index >= 15 is 0 Å². The number of aryl methyl sites for hydroxylation is 1. The minimum atomic E-state index is 0.0655. The molecule has 0 aliphatic carbocycles. The van der Waals surface area contributed by atoms with Gasteiger partial charge in [0.25, 0.3) is 0 Å². The summed E-state index contributed by atoms with van der Waals surface area (Å²) >= 11 is 6.15. The second-order valence-corrected chi connectivity index (χ2v) is 4.04. The first-order chi connectivity index (χ1) is 7.13. The molecule has 1 aromatic rings. The maximum atomic E-state index is 11.6. The highest BCUT2D eigenvalue weighted by Gasteiger charge is 2.24. The maximum absolute atomic E-state index is 11.6. The van der Waals surface area contributed by atoms with Crippen LogP contribution in [0.2, 0.25) is 5.02 Å². The fraction of sp³-hybridized carbons (Fsp3) is 0.364. The molecule has 1 amide bonds. The van der Waals surface area contributed by atoms with Crippen LogP contribution in [0.5, 0.6) is 0 Å². The molecule has 1 N–H and O–H groups in total. The lowest BCUT2D eigenvalue weighted by Crippen LogP contribution is -2.39. The quantitative estimate of drug-likeness (QED) is 0.795. The Bertz CT molecular complexity index is 417.